The lowest BCUT2D eigenvalue weighted by molar-refractivity contribution is -0.124. The number of nitrogens with one attached hydrogen (secondary N) is 1. The highest BCUT2D eigenvalue weighted by atomic mass is 35.5. The highest BCUT2D eigenvalue weighted by Crippen LogP contribution is 2.33. The zero-order chi connectivity index (χ0) is 20.6. The molecule has 29 heavy (non-hydrogen) atoms. The largest absolute Gasteiger partial charge is 0.356 e. The first-order valence-corrected chi connectivity index (χ1v) is 10.9. The number of halogens is 1. The molecule has 0 bridgehead atoms. The van der Waals surface area contributed by atoms with E-state index in [1.165, 1.54) is 11.8 Å². The Morgan fingerprint density at radius 2 is 2.17 bits per heavy atom. The van der Waals surface area contributed by atoms with Crippen molar-refractivity contribution < 1.29 is 9.59 Å². The van der Waals surface area contributed by atoms with Crippen LogP contribution < -0.4 is 5.32 Å². The number of imidazole rings is 1. The first-order chi connectivity index (χ1) is 14.0. The third-order valence-electron chi connectivity index (χ3n) is 4.28. The van der Waals surface area contributed by atoms with Gasteiger partial charge in [0.15, 0.2) is 0 Å². The van der Waals surface area contributed by atoms with E-state index in [2.05, 4.69) is 10.3 Å². The van der Waals surface area contributed by atoms with Gasteiger partial charge in [-0.25, -0.2) is 4.98 Å². The summed E-state index contributed by atoms with van der Waals surface area (Å²) in [4.78, 5) is 30.7. The van der Waals surface area contributed by atoms with Crippen LogP contribution in [0.1, 0.15) is 24.8 Å². The topological polar surface area (TPSA) is 67.2 Å². The van der Waals surface area contributed by atoms with Crippen LogP contribution >= 0.6 is 35.6 Å². The second kappa shape index (κ2) is 10.6. The SMILES string of the molecule is O=C(CCCN1C(=O)/C(=C/c2cccc(Cl)c2)SC1=S)NCCCn1ccnc1. The quantitative estimate of drug-likeness (QED) is 0.359. The van der Waals surface area contributed by atoms with Gasteiger partial charge in [0.05, 0.1) is 11.2 Å². The molecule has 1 saturated heterocycles. The molecule has 2 heterocycles. The molecule has 1 fully saturated rings. The number of amides is 2. The highest BCUT2D eigenvalue weighted by molar-refractivity contribution is 8.26. The number of rotatable bonds is 9. The van der Waals surface area contributed by atoms with Gasteiger partial charge in [0.1, 0.15) is 4.32 Å². The number of benzene rings is 1. The molecule has 1 aliphatic heterocycles. The number of hydrogen-bond donors (Lipinski definition) is 1. The van der Waals surface area contributed by atoms with Crippen molar-refractivity contribution in [3.63, 3.8) is 0 Å². The summed E-state index contributed by atoms with van der Waals surface area (Å²) in [6, 6.07) is 7.30. The Balaban J connectivity index is 1.40. The first kappa shape index (κ1) is 21.5. The molecule has 1 aromatic carbocycles. The molecule has 1 aromatic heterocycles. The van der Waals surface area contributed by atoms with Crippen molar-refractivity contribution in [1.29, 1.82) is 0 Å². The summed E-state index contributed by atoms with van der Waals surface area (Å²) < 4.78 is 2.49. The Bertz CT molecular complexity index is 915. The van der Waals surface area contributed by atoms with Gasteiger partial charge >= 0.3 is 0 Å². The van der Waals surface area contributed by atoms with Crippen molar-refractivity contribution >= 4 is 57.8 Å². The Kier molecular flexibility index (Phi) is 7.85. The van der Waals surface area contributed by atoms with Gasteiger partial charge in [-0.1, -0.05) is 47.7 Å². The molecule has 0 unspecified atom stereocenters. The van der Waals surface area contributed by atoms with Gasteiger partial charge in [0.25, 0.3) is 5.91 Å². The molecular formula is C20H21ClN4O2S2. The van der Waals surface area contributed by atoms with Crippen LogP contribution in [0.15, 0.2) is 47.9 Å². The monoisotopic (exact) mass is 448 g/mol. The van der Waals surface area contributed by atoms with Gasteiger partial charge < -0.3 is 9.88 Å². The van der Waals surface area contributed by atoms with Gasteiger partial charge in [-0.3, -0.25) is 14.5 Å². The van der Waals surface area contributed by atoms with Gasteiger partial charge in [-0.15, -0.1) is 0 Å². The van der Waals surface area contributed by atoms with Crippen LogP contribution in [0.5, 0.6) is 0 Å². The minimum atomic E-state index is -0.124. The maximum atomic E-state index is 12.6. The number of thioether (sulfide) groups is 1. The van der Waals surface area contributed by atoms with Crippen LogP contribution in [0.3, 0.4) is 0 Å². The molecule has 0 aliphatic carbocycles. The molecule has 2 aromatic rings. The zero-order valence-electron chi connectivity index (χ0n) is 15.7. The molecule has 2 amide bonds. The summed E-state index contributed by atoms with van der Waals surface area (Å²) in [6.07, 6.45) is 8.93. The van der Waals surface area contributed by atoms with Crippen molar-refractivity contribution in [2.45, 2.75) is 25.8 Å². The first-order valence-electron chi connectivity index (χ1n) is 9.26. The number of aryl methyl sites for hydroxylation is 1. The standard InChI is InChI=1S/C20H21ClN4O2S2/c21-16-5-1-4-15(12-16)13-17-19(27)25(20(28)29-17)10-2-6-18(26)23-7-3-9-24-11-8-22-14-24/h1,4-5,8,11-14H,2-3,6-7,9-10H2,(H,23,26)/b17-13-. The van der Waals surface area contributed by atoms with Crippen molar-refractivity contribution in [2.24, 2.45) is 0 Å². The Morgan fingerprint density at radius 1 is 1.31 bits per heavy atom. The van der Waals surface area contributed by atoms with Gasteiger partial charge in [0.2, 0.25) is 5.91 Å². The lowest BCUT2D eigenvalue weighted by atomic mass is 10.2. The molecule has 152 valence electrons. The fraction of sp³-hybridized carbons (Fsp3) is 0.300. The van der Waals surface area contributed by atoms with E-state index in [1.807, 2.05) is 22.9 Å². The summed E-state index contributed by atoms with van der Waals surface area (Å²) in [5.74, 6) is -0.142. The number of thiocarbonyl (C=S) groups is 1. The summed E-state index contributed by atoms with van der Waals surface area (Å²) in [7, 11) is 0. The van der Waals surface area contributed by atoms with E-state index in [0.717, 1.165) is 18.5 Å². The van der Waals surface area contributed by atoms with Crippen LogP contribution in [-0.2, 0) is 16.1 Å². The zero-order valence-corrected chi connectivity index (χ0v) is 18.1. The summed E-state index contributed by atoms with van der Waals surface area (Å²) in [5, 5.41) is 3.52. The number of hydrogen-bond acceptors (Lipinski definition) is 5. The van der Waals surface area contributed by atoms with Crippen molar-refractivity contribution in [3.05, 3.63) is 58.5 Å². The lowest BCUT2D eigenvalue weighted by Gasteiger charge is -2.14. The molecule has 1 aliphatic rings. The van der Waals surface area contributed by atoms with Crippen molar-refractivity contribution in [2.75, 3.05) is 13.1 Å². The van der Waals surface area contributed by atoms with Crippen LogP contribution in [0, 0.1) is 0 Å². The second-order valence-electron chi connectivity index (χ2n) is 6.50. The van der Waals surface area contributed by atoms with Gasteiger partial charge in [-0.2, -0.15) is 0 Å². The minimum absolute atomic E-state index is 0.0180. The predicted molar refractivity (Wildman–Crippen MR) is 120 cm³/mol. The maximum Gasteiger partial charge on any atom is 0.266 e. The summed E-state index contributed by atoms with van der Waals surface area (Å²) in [5.41, 5.74) is 0.855. The average molecular weight is 449 g/mol. The van der Waals surface area contributed by atoms with Crippen LogP contribution in [0.2, 0.25) is 5.02 Å². The molecule has 0 atom stereocenters. The molecule has 0 radical (unpaired) electrons. The van der Waals surface area contributed by atoms with Gasteiger partial charge in [0, 0.05) is 43.5 Å². The fourth-order valence-electron chi connectivity index (χ4n) is 2.84. The molecule has 1 N–H and O–H groups in total. The smallest absolute Gasteiger partial charge is 0.266 e. The third kappa shape index (κ3) is 6.42. The number of aromatic nitrogens is 2. The third-order valence-corrected chi connectivity index (χ3v) is 5.89. The summed E-state index contributed by atoms with van der Waals surface area (Å²) in [6.45, 7) is 1.86. The van der Waals surface area contributed by atoms with E-state index in [1.54, 1.807) is 35.6 Å². The van der Waals surface area contributed by atoms with E-state index in [9.17, 15) is 9.59 Å². The lowest BCUT2D eigenvalue weighted by Crippen LogP contribution is -2.31. The Labute approximate surface area is 184 Å². The molecule has 3 rings (SSSR count). The highest BCUT2D eigenvalue weighted by Gasteiger charge is 2.31. The average Bonchev–Trinajstić information content (AvgIpc) is 3.29. The number of carbonyl (C=O) groups is 2. The number of nitrogens with zero attached hydrogens (tertiary/aromatic N) is 3. The van der Waals surface area contributed by atoms with E-state index >= 15 is 0 Å². The van der Waals surface area contributed by atoms with E-state index < -0.39 is 0 Å². The van der Waals surface area contributed by atoms with Crippen LogP contribution in [-0.4, -0.2) is 43.7 Å². The van der Waals surface area contributed by atoms with Crippen LogP contribution in [0.4, 0.5) is 0 Å². The fourth-order valence-corrected chi connectivity index (χ4v) is 4.34. The van der Waals surface area contributed by atoms with E-state index in [4.69, 9.17) is 23.8 Å². The maximum absolute atomic E-state index is 12.6. The van der Waals surface area contributed by atoms with Crippen molar-refractivity contribution in [3.8, 4) is 0 Å². The normalized spacial score (nSPS) is 15.3. The predicted octanol–water partition coefficient (Wildman–Crippen LogP) is 3.72. The Morgan fingerprint density at radius 3 is 2.93 bits per heavy atom. The second-order valence-corrected chi connectivity index (χ2v) is 8.61. The van der Waals surface area contributed by atoms with Crippen LogP contribution in [0.25, 0.3) is 6.08 Å². The molecule has 0 saturated carbocycles. The summed E-state index contributed by atoms with van der Waals surface area (Å²) >= 11 is 12.6. The minimum Gasteiger partial charge on any atom is -0.356 e. The Hall–Kier alpha value is -2.16. The van der Waals surface area contributed by atoms with E-state index in [0.29, 0.717) is 40.2 Å². The van der Waals surface area contributed by atoms with E-state index in [-0.39, 0.29) is 11.8 Å². The van der Waals surface area contributed by atoms with Crippen molar-refractivity contribution in [1.82, 2.24) is 19.8 Å². The molecule has 9 heteroatoms. The number of carbonyl (C=O) groups excluding carboxylic acids is 2. The van der Waals surface area contributed by atoms with Gasteiger partial charge in [-0.05, 0) is 36.6 Å². The molecule has 6 nitrogen and oxygen atoms in total. The molecule has 0 spiro atoms. The molecular weight excluding hydrogens is 428 g/mol.